The van der Waals surface area contributed by atoms with Crippen molar-refractivity contribution in [2.45, 2.75) is 89.8 Å². The largest absolute Gasteiger partial charge is 0.305 e. The Morgan fingerprint density at radius 2 is 1.42 bits per heavy atom. The predicted octanol–water partition coefficient (Wildman–Crippen LogP) is 6.58. The average Bonchev–Trinajstić information content (AvgIpc) is 2.75. The monoisotopic (exact) mass is 527 g/mol. The molecule has 0 aliphatic carbocycles. The van der Waals surface area contributed by atoms with Gasteiger partial charge >= 0.3 is 0 Å². The number of allylic oxidation sites excluding steroid dienone is 1. The molecule has 0 bridgehead atoms. The molecule has 2 aromatic carbocycles. The molecular weight excluding hydrogens is 486 g/mol. The van der Waals surface area contributed by atoms with Crippen molar-refractivity contribution in [1.29, 1.82) is 0 Å². The molecule has 0 fully saturated rings. The normalized spacial score (nSPS) is 13.4. The Bertz CT molecular complexity index is 1230. The summed E-state index contributed by atoms with van der Waals surface area (Å²) in [4.78, 5) is 26.3. The molecule has 0 atom stereocenters. The van der Waals surface area contributed by atoms with Gasteiger partial charge in [-0.2, -0.15) is 0 Å². The van der Waals surface area contributed by atoms with Crippen LogP contribution in [0.4, 0.5) is 0 Å². The summed E-state index contributed by atoms with van der Waals surface area (Å²) in [7, 11) is -6.21. The van der Waals surface area contributed by atoms with Crippen LogP contribution >= 0.6 is 0 Å². The number of amides is 1. The summed E-state index contributed by atoms with van der Waals surface area (Å²) >= 11 is 0. The summed E-state index contributed by atoms with van der Waals surface area (Å²) in [6, 6.07) is 13.9. The molecule has 196 valence electrons. The smallest absolute Gasteiger partial charge is 0.265 e. The average molecular weight is 528 g/mol. The fraction of sp³-hybridized carbons (Fsp3) is 0.448. The second kappa shape index (κ2) is 10.8. The Kier molecular flexibility index (Phi) is 8.95. The number of carbonyl (C=O) groups excluding carboxylic acids is 2. The highest BCUT2D eigenvalue weighted by molar-refractivity contribution is 7.90. The first-order valence-electron chi connectivity index (χ1n) is 12.3. The minimum absolute atomic E-state index is 0.0250. The molecule has 0 aliphatic rings. The Balaban J connectivity index is 2.38. The van der Waals surface area contributed by atoms with Crippen LogP contribution in [-0.4, -0.2) is 27.8 Å². The van der Waals surface area contributed by atoms with E-state index in [1.807, 2.05) is 31.2 Å². The molecule has 0 aromatic heterocycles. The van der Waals surface area contributed by atoms with Crippen molar-refractivity contribution in [3.63, 3.8) is 0 Å². The molecule has 0 saturated heterocycles. The Morgan fingerprint density at radius 3 is 1.89 bits per heavy atom. The third-order valence-corrected chi connectivity index (χ3v) is 13.9. The van der Waals surface area contributed by atoms with Crippen molar-refractivity contribution < 1.29 is 18.0 Å². The second-order valence-corrected chi connectivity index (χ2v) is 19.0. The number of nitrogens with one attached hydrogen (secondary N) is 1. The van der Waals surface area contributed by atoms with E-state index in [1.165, 1.54) is 12.1 Å². The highest BCUT2D eigenvalue weighted by Gasteiger charge is 2.41. The van der Waals surface area contributed by atoms with E-state index in [0.717, 1.165) is 11.1 Å². The van der Waals surface area contributed by atoms with Crippen molar-refractivity contribution in [3.05, 3.63) is 71.3 Å². The van der Waals surface area contributed by atoms with Gasteiger partial charge in [0.1, 0.15) is 13.5 Å². The van der Waals surface area contributed by atoms with Crippen LogP contribution in [0.3, 0.4) is 0 Å². The van der Waals surface area contributed by atoms with E-state index in [9.17, 15) is 18.0 Å². The van der Waals surface area contributed by atoms with Gasteiger partial charge in [-0.25, -0.2) is 13.1 Å². The van der Waals surface area contributed by atoms with Crippen LogP contribution in [0, 0.1) is 6.92 Å². The minimum atomic E-state index is -4.05. The van der Waals surface area contributed by atoms with Crippen molar-refractivity contribution in [1.82, 2.24) is 4.72 Å². The fourth-order valence-electron chi connectivity index (χ4n) is 3.52. The lowest BCUT2D eigenvalue weighted by Crippen LogP contribution is -2.46. The molecule has 0 spiro atoms. The van der Waals surface area contributed by atoms with E-state index in [-0.39, 0.29) is 26.3 Å². The zero-order valence-electron chi connectivity index (χ0n) is 23.2. The van der Waals surface area contributed by atoms with Crippen LogP contribution in [0.5, 0.6) is 0 Å². The van der Waals surface area contributed by atoms with E-state index < -0.39 is 24.0 Å². The molecule has 0 heterocycles. The summed E-state index contributed by atoms with van der Waals surface area (Å²) < 4.78 is 28.0. The predicted molar refractivity (Wildman–Crippen MR) is 151 cm³/mol. The topological polar surface area (TPSA) is 80.3 Å². The number of aryl methyl sites for hydroxylation is 1. The van der Waals surface area contributed by atoms with E-state index in [2.05, 4.69) is 59.4 Å². The summed E-state index contributed by atoms with van der Waals surface area (Å²) in [6.07, 6.45) is 2.37. The Labute approximate surface area is 218 Å². The zero-order valence-corrected chi connectivity index (χ0v) is 25.0. The molecule has 5 nitrogen and oxygen atoms in total. The fourth-order valence-corrected chi connectivity index (χ4v) is 6.10. The highest BCUT2D eigenvalue weighted by atomic mass is 32.2. The second-order valence-electron chi connectivity index (χ2n) is 12.0. The standard InChI is InChI=1S/C29H41NO4SSi/c1-21-13-19-24(20-14-21)35(33,34)30-27(32)25(22-15-17-23(18-16-22)28(2,3)4)11-10-12-26(31)36(8,9)29(5,6)7/h11,13-20H,10,12H2,1-9H3,(H,30,32)/b25-11+. The molecule has 0 unspecified atom stereocenters. The maximum Gasteiger partial charge on any atom is 0.265 e. The third-order valence-electron chi connectivity index (χ3n) is 7.16. The van der Waals surface area contributed by atoms with E-state index in [4.69, 9.17) is 0 Å². The minimum Gasteiger partial charge on any atom is -0.305 e. The maximum absolute atomic E-state index is 13.3. The van der Waals surface area contributed by atoms with Gasteiger partial charge in [0, 0.05) is 12.0 Å². The van der Waals surface area contributed by atoms with E-state index >= 15 is 0 Å². The first-order chi connectivity index (χ1) is 16.4. The summed E-state index contributed by atoms with van der Waals surface area (Å²) in [6.45, 7) is 18.6. The molecule has 7 heteroatoms. The SMILES string of the molecule is Cc1ccc(S(=O)(=O)NC(=O)/C(=C/CCC(=O)[Si](C)(C)C(C)(C)C)c2ccc(C(C)(C)C)cc2)cc1. The molecule has 0 saturated carbocycles. The first kappa shape index (κ1) is 29.7. The molecule has 2 aromatic rings. The van der Waals surface area contributed by atoms with Crippen molar-refractivity contribution >= 4 is 35.0 Å². The van der Waals surface area contributed by atoms with Crippen LogP contribution in [0.25, 0.3) is 5.57 Å². The molecule has 0 radical (unpaired) electrons. The van der Waals surface area contributed by atoms with Crippen LogP contribution in [0.1, 0.15) is 71.1 Å². The number of hydrogen-bond donors (Lipinski definition) is 1. The summed E-state index contributed by atoms with van der Waals surface area (Å²) in [5, 5.41) is 0.167. The van der Waals surface area contributed by atoms with E-state index in [0.29, 0.717) is 18.4 Å². The number of hydrogen-bond acceptors (Lipinski definition) is 4. The van der Waals surface area contributed by atoms with Gasteiger partial charge in [0.25, 0.3) is 15.9 Å². The number of benzene rings is 2. The molecule has 0 aliphatic heterocycles. The van der Waals surface area contributed by atoms with E-state index in [1.54, 1.807) is 18.2 Å². The van der Waals surface area contributed by atoms with Crippen molar-refractivity contribution in [3.8, 4) is 0 Å². The third kappa shape index (κ3) is 7.26. The molecule has 1 amide bonds. The lowest BCUT2D eigenvalue weighted by atomic mass is 9.86. The highest BCUT2D eigenvalue weighted by Crippen LogP contribution is 2.37. The first-order valence-corrected chi connectivity index (χ1v) is 16.8. The quantitative estimate of drug-likeness (QED) is 0.311. The number of rotatable bonds is 8. The van der Waals surface area contributed by atoms with Crippen molar-refractivity contribution in [2.24, 2.45) is 0 Å². The van der Waals surface area contributed by atoms with Gasteiger partial charge in [-0.05, 0) is 47.1 Å². The molecule has 2 rings (SSSR count). The van der Waals surface area contributed by atoms with Crippen LogP contribution < -0.4 is 4.72 Å². The Hall–Kier alpha value is -2.51. The number of carbonyl (C=O) groups is 2. The van der Waals surface area contributed by atoms with Gasteiger partial charge in [-0.3, -0.25) is 4.79 Å². The summed E-state index contributed by atoms with van der Waals surface area (Å²) in [5.74, 6) is -0.709. The molecule has 36 heavy (non-hydrogen) atoms. The molecular formula is C29H41NO4SSi. The molecule has 1 N–H and O–H groups in total. The van der Waals surface area contributed by atoms with Crippen LogP contribution in [0.15, 0.2) is 59.5 Å². The van der Waals surface area contributed by atoms with Gasteiger partial charge in [0.15, 0.2) is 0 Å². The van der Waals surface area contributed by atoms with Gasteiger partial charge in [-0.15, -0.1) is 0 Å². The van der Waals surface area contributed by atoms with Crippen LogP contribution in [0.2, 0.25) is 18.1 Å². The van der Waals surface area contributed by atoms with Gasteiger partial charge < -0.3 is 4.79 Å². The van der Waals surface area contributed by atoms with Gasteiger partial charge in [0.2, 0.25) is 0 Å². The maximum atomic E-state index is 13.3. The van der Waals surface area contributed by atoms with Gasteiger partial charge in [0.05, 0.1) is 4.90 Å². The Morgan fingerprint density at radius 1 is 0.889 bits per heavy atom. The van der Waals surface area contributed by atoms with Gasteiger partial charge in [-0.1, -0.05) is 103 Å². The van der Waals surface area contributed by atoms with Crippen molar-refractivity contribution in [2.75, 3.05) is 0 Å². The summed E-state index contributed by atoms with van der Waals surface area (Å²) in [5.41, 5.74) is 2.82. The number of sulfonamides is 1. The lowest BCUT2D eigenvalue weighted by Gasteiger charge is -2.35. The van der Waals surface area contributed by atoms with Crippen LogP contribution in [-0.2, 0) is 25.0 Å². The lowest BCUT2D eigenvalue weighted by molar-refractivity contribution is -0.114. The zero-order chi connectivity index (χ0) is 27.5.